The van der Waals surface area contributed by atoms with Gasteiger partial charge in [-0.15, -0.1) is 0 Å². The number of aromatic nitrogens is 2. The van der Waals surface area contributed by atoms with Gasteiger partial charge in [0.1, 0.15) is 12.4 Å². The van der Waals surface area contributed by atoms with Crippen molar-refractivity contribution in [1.82, 2.24) is 9.78 Å². The molecule has 0 saturated heterocycles. The maximum atomic E-state index is 11.8. The van der Waals surface area contributed by atoms with Crippen molar-refractivity contribution < 1.29 is 9.18 Å². The molecule has 1 aromatic heterocycles. The average molecular weight is 221 g/mol. The number of rotatable bonds is 3. The molecule has 0 aliphatic carbocycles. The fourth-order valence-corrected chi connectivity index (χ4v) is 1.14. The average Bonchev–Trinajstić information content (AvgIpc) is 2.33. The van der Waals surface area contributed by atoms with Gasteiger partial charge < -0.3 is 0 Å². The van der Waals surface area contributed by atoms with Gasteiger partial charge in [0.25, 0.3) is 0 Å². The van der Waals surface area contributed by atoms with Gasteiger partial charge in [-0.1, -0.05) is 0 Å². The van der Waals surface area contributed by atoms with Gasteiger partial charge in [-0.3, -0.25) is 9.48 Å². The van der Waals surface area contributed by atoms with Crippen molar-refractivity contribution in [2.45, 2.75) is 6.54 Å². The van der Waals surface area contributed by atoms with Gasteiger partial charge in [0.15, 0.2) is 6.29 Å². The first-order chi connectivity index (χ1) is 5.29. The molecule has 0 fully saturated rings. The van der Waals surface area contributed by atoms with Crippen LogP contribution in [0.4, 0.5) is 4.39 Å². The SMILES string of the molecule is O=Cc1c(Br)cnn1CCF. The minimum atomic E-state index is -0.519. The smallest absolute Gasteiger partial charge is 0.169 e. The Morgan fingerprint density at radius 1 is 1.82 bits per heavy atom. The van der Waals surface area contributed by atoms with Gasteiger partial charge in [-0.25, -0.2) is 4.39 Å². The summed E-state index contributed by atoms with van der Waals surface area (Å²) in [6, 6.07) is 0. The van der Waals surface area contributed by atoms with Crippen LogP contribution >= 0.6 is 15.9 Å². The summed E-state index contributed by atoms with van der Waals surface area (Å²) in [4.78, 5) is 10.4. The van der Waals surface area contributed by atoms with E-state index >= 15 is 0 Å². The molecule has 0 saturated carbocycles. The highest BCUT2D eigenvalue weighted by atomic mass is 79.9. The predicted octanol–water partition coefficient (Wildman–Crippen LogP) is 1.43. The summed E-state index contributed by atoms with van der Waals surface area (Å²) < 4.78 is 13.7. The molecule has 0 amide bonds. The molecule has 0 spiro atoms. The summed E-state index contributed by atoms with van der Waals surface area (Å²) in [5.74, 6) is 0. The van der Waals surface area contributed by atoms with Gasteiger partial charge in [-0.2, -0.15) is 5.10 Å². The Balaban J connectivity index is 2.95. The van der Waals surface area contributed by atoms with E-state index < -0.39 is 6.67 Å². The van der Waals surface area contributed by atoms with E-state index in [1.165, 1.54) is 10.9 Å². The lowest BCUT2D eigenvalue weighted by atomic mass is 10.5. The Bertz CT molecular complexity index is 261. The fourth-order valence-electron chi connectivity index (χ4n) is 0.747. The maximum absolute atomic E-state index is 11.8. The fraction of sp³-hybridized carbons (Fsp3) is 0.333. The summed E-state index contributed by atoms with van der Waals surface area (Å²) >= 11 is 3.11. The van der Waals surface area contributed by atoms with Crippen LogP contribution in [0, 0.1) is 0 Å². The monoisotopic (exact) mass is 220 g/mol. The summed E-state index contributed by atoms with van der Waals surface area (Å²) in [5, 5.41) is 3.77. The first kappa shape index (κ1) is 8.39. The Hall–Kier alpha value is -0.710. The standard InChI is InChI=1S/C6H6BrFN2O/c7-5-3-9-10(2-1-8)6(5)4-11/h3-4H,1-2H2. The van der Waals surface area contributed by atoms with Crippen molar-refractivity contribution in [2.75, 3.05) is 6.67 Å². The third-order valence-corrected chi connectivity index (χ3v) is 1.85. The molecule has 5 heteroatoms. The molecule has 0 unspecified atom stereocenters. The molecule has 0 aromatic carbocycles. The zero-order chi connectivity index (χ0) is 8.27. The lowest BCUT2D eigenvalue weighted by Crippen LogP contribution is -2.05. The number of alkyl halides is 1. The molecular formula is C6H6BrFN2O. The second-order valence-electron chi connectivity index (χ2n) is 1.91. The molecule has 1 rings (SSSR count). The van der Waals surface area contributed by atoms with Crippen LogP contribution in [0.5, 0.6) is 0 Å². The van der Waals surface area contributed by atoms with E-state index in [4.69, 9.17) is 0 Å². The molecule has 3 nitrogen and oxygen atoms in total. The van der Waals surface area contributed by atoms with E-state index in [1.807, 2.05) is 0 Å². The maximum Gasteiger partial charge on any atom is 0.169 e. The first-order valence-corrected chi connectivity index (χ1v) is 3.81. The van der Waals surface area contributed by atoms with Crippen molar-refractivity contribution in [3.8, 4) is 0 Å². The molecule has 60 valence electrons. The molecule has 0 aliphatic heterocycles. The van der Waals surface area contributed by atoms with Crippen molar-refractivity contribution in [1.29, 1.82) is 0 Å². The lowest BCUT2D eigenvalue weighted by molar-refractivity contribution is 0.111. The van der Waals surface area contributed by atoms with Crippen LogP contribution in [0.2, 0.25) is 0 Å². The van der Waals surface area contributed by atoms with E-state index in [0.29, 0.717) is 16.5 Å². The molecule has 1 aromatic rings. The first-order valence-electron chi connectivity index (χ1n) is 3.02. The van der Waals surface area contributed by atoms with Crippen molar-refractivity contribution >= 4 is 22.2 Å². The number of carbonyl (C=O) groups excluding carboxylic acids is 1. The van der Waals surface area contributed by atoms with Crippen molar-refractivity contribution in [3.63, 3.8) is 0 Å². The van der Waals surface area contributed by atoms with Crippen LogP contribution in [0.1, 0.15) is 10.5 Å². The van der Waals surface area contributed by atoms with E-state index in [9.17, 15) is 9.18 Å². The Morgan fingerprint density at radius 3 is 3.09 bits per heavy atom. The van der Waals surface area contributed by atoms with Crippen molar-refractivity contribution in [2.24, 2.45) is 0 Å². The highest BCUT2D eigenvalue weighted by Gasteiger charge is 2.05. The zero-order valence-corrected chi connectivity index (χ0v) is 7.21. The van der Waals surface area contributed by atoms with Crippen LogP contribution in [-0.2, 0) is 6.54 Å². The third-order valence-electron chi connectivity index (χ3n) is 1.24. The Morgan fingerprint density at radius 2 is 2.55 bits per heavy atom. The van der Waals surface area contributed by atoms with Gasteiger partial charge in [0.2, 0.25) is 0 Å². The summed E-state index contributed by atoms with van der Waals surface area (Å²) in [6.45, 7) is -0.394. The lowest BCUT2D eigenvalue weighted by Gasteiger charge is -1.97. The van der Waals surface area contributed by atoms with Crippen LogP contribution < -0.4 is 0 Å². The van der Waals surface area contributed by atoms with Crippen molar-refractivity contribution in [3.05, 3.63) is 16.4 Å². The number of carbonyl (C=O) groups is 1. The number of aryl methyl sites for hydroxylation is 1. The number of halogens is 2. The van der Waals surface area contributed by atoms with Crippen LogP contribution in [0.3, 0.4) is 0 Å². The van der Waals surface area contributed by atoms with Crippen LogP contribution in [0.25, 0.3) is 0 Å². The molecule has 1 heterocycles. The Kier molecular flexibility index (Phi) is 2.76. The number of nitrogens with zero attached hydrogens (tertiary/aromatic N) is 2. The quantitative estimate of drug-likeness (QED) is 0.723. The zero-order valence-electron chi connectivity index (χ0n) is 5.63. The van der Waals surface area contributed by atoms with E-state index in [2.05, 4.69) is 21.0 Å². The van der Waals surface area contributed by atoms with E-state index in [0.717, 1.165) is 0 Å². The summed E-state index contributed by atoms with van der Waals surface area (Å²) in [6.07, 6.45) is 2.12. The topological polar surface area (TPSA) is 34.9 Å². The van der Waals surface area contributed by atoms with Gasteiger partial charge in [-0.05, 0) is 15.9 Å². The van der Waals surface area contributed by atoms with Crippen LogP contribution in [0.15, 0.2) is 10.7 Å². The molecule has 0 aliphatic rings. The normalized spacial score (nSPS) is 10.0. The minimum Gasteiger partial charge on any atom is -0.296 e. The van der Waals surface area contributed by atoms with Gasteiger partial charge >= 0.3 is 0 Å². The molecular weight excluding hydrogens is 215 g/mol. The van der Waals surface area contributed by atoms with Crippen LogP contribution in [-0.4, -0.2) is 22.7 Å². The second-order valence-corrected chi connectivity index (χ2v) is 2.76. The second kappa shape index (κ2) is 3.61. The van der Waals surface area contributed by atoms with E-state index in [1.54, 1.807) is 0 Å². The molecule has 0 atom stereocenters. The number of hydrogen-bond acceptors (Lipinski definition) is 2. The van der Waals surface area contributed by atoms with Gasteiger partial charge in [0, 0.05) is 0 Å². The predicted molar refractivity (Wildman–Crippen MR) is 41.3 cm³/mol. The molecule has 0 bridgehead atoms. The number of hydrogen-bond donors (Lipinski definition) is 0. The van der Waals surface area contributed by atoms with Gasteiger partial charge in [0.05, 0.1) is 17.2 Å². The molecule has 11 heavy (non-hydrogen) atoms. The summed E-state index contributed by atoms with van der Waals surface area (Å²) in [7, 11) is 0. The molecule has 0 radical (unpaired) electrons. The highest BCUT2D eigenvalue weighted by Crippen LogP contribution is 2.13. The van der Waals surface area contributed by atoms with E-state index in [-0.39, 0.29) is 6.54 Å². The molecule has 0 N–H and O–H groups in total. The largest absolute Gasteiger partial charge is 0.296 e. The third kappa shape index (κ3) is 1.65. The Labute approximate surface area is 71.3 Å². The summed E-state index contributed by atoms with van der Waals surface area (Å²) in [5.41, 5.74) is 0.377. The highest BCUT2D eigenvalue weighted by molar-refractivity contribution is 9.10. The number of aldehydes is 1. The minimum absolute atomic E-state index is 0.125.